The Morgan fingerprint density at radius 2 is 1.43 bits per heavy atom. The lowest BCUT2D eigenvalue weighted by molar-refractivity contribution is -0.137. The first-order valence-corrected chi connectivity index (χ1v) is 8.37. The third-order valence-electron chi connectivity index (χ3n) is 4.48. The van der Waals surface area contributed by atoms with Crippen LogP contribution in [-0.4, -0.2) is 47.8 Å². The average Bonchev–Trinajstić information content (AvgIpc) is 2.67. The summed E-state index contributed by atoms with van der Waals surface area (Å²) in [5, 5.41) is 0. The molecule has 28 heavy (non-hydrogen) atoms. The number of nitrogen functional groups attached to an aromatic ring is 1. The first-order chi connectivity index (χ1) is 12.8. The van der Waals surface area contributed by atoms with Gasteiger partial charge in [0.1, 0.15) is 0 Å². The normalized spacial score (nSPS) is 14.4. The van der Waals surface area contributed by atoms with Gasteiger partial charge >= 0.3 is 6.18 Å². The Hall–Kier alpha value is -2.74. The maximum atomic E-state index is 12.8. The molecule has 1 saturated heterocycles. The summed E-state index contributed by atoms with van der Waals surface area (Å²) >= 11 is 0. The smallest absolute Gasteiger partial charge is 0.398 e. The van der Waals surface area contributed by atoms with E-state index in [1.807, 2.05) is 0 Å². The highest BCUT2D eigenvalue weighted by Gasteiger charge is 2.32. The van der Waals surface area contributed by atoms with Gasteiger partial charge in [-0.05, 0) is 30.3 Å². The van der Waals surface area contributed by atoms with Crippen molar-refractivity contribution >= 4 is 29.9 Å². The second-order valence-corrected chi connectivity index (χ2v) is 6.25. The van der Waals surface area contributed by atoms with Crippen LogP contribution in [0.15, 0.2) is 48.5 Å². The number of carbonyl (C=O) groups excluding carboxylic acids is 2. The van der Waals surface area contributed by atoms with Gasteiger partial charge < -0.3 is 15.5 Å². The van der Waals surface area contributed by atoms with E-state index >= 15 is 0 Å². The summed E-state index contributed by atoms with van der Waals surface area (Å²) in [5.41, 5.74) is 5.73. The fraction of sp³-hybridized carbons (Fsp3) is 0.263. The minimum atomic E-state index is -4.50. The van der Waals surface area contributed by atoms with Crippen molar-refractivity contribution in [2.45, 2.75) is 6.18 Å². The molecule has 0 aromatic heterocycles. The van der Waals surface area contributed by atoms with Crippen LogP contribution in [0.5, 0.6) is 0 Å². The summed E-state index contributed by atoms with van der Waals surface area (Å²) in [6, 6.07) is 11.1. The van der Waals surface area contributed by atoms with Gasteiger partial charge in [-0.15, -0.1) is 12.4 Å². The largest absolute Gasteiger partial charge is 0.416 e. The maximum absolute atomic E-state index is 12.8. The molecule has 0 spiro atoms. The van der Waals surface area contributed by atoms with E-state index in [9.17, 15) is 22.8 Å². The van der Waals surface area contributed by atoms with E-state index in [1.54, 1.807) is 29.2 Å². The number of hydrogen-bond acceptors (Lipinski definition) is 3. The SMILES string of the molecule is Cl.Nc1ccccc1C(=O)N1CCN(C(=O)c2cccc(C(F)(F)F)c2)CC1. The molecule has 9 heteroatoms. The summed E-state index contributed by atoms with van der Waals surface area (Å²) in [6.07, 6.45) is -4.50. The second-order valence-electron chi connectivity index (χ2n) is 6.25. The summed E-state index contributed by atoms with van der Waals surface area (Å²) in [6.45, 7) is 1.07. The number of benzene rings is 2. The molecule has 0 radical (unpaired) electrons. The van der Waals surface area contributed by atoms with Crippen LogP contribution in [0.1, 0.15) is 26.3 Å². The predicted molar refractivity (Wildman–Crippen MR) is 101 cm³/mol. The Bertz CT molecular complexity index is 865. The molecule has 1 aliphatic rings. The monoisotopic (exact) mass is 413 g/mol. The number of amides is 2. The van der Waals surface area contributed by atoms with Gasteiger partial charge in [0.05, 0.1) is 11.1 Å². The fourth-order valence-electron chi connectivity index (χ4n) is 2.99. The standard InChI is InChI=1S/C19H18F3N3O2.ClH/c20-19(21,22)14-5-3-4-13(12-14)17(26)24-8-10-25(11-9-24)18(27)15-6-1-2-7-16(15)23;/h1-7,12H,8-11,23H2;1H. The molecule has 0 bridgehead atoms. The Balaban J connectivity index is 0.00000280. The van der Waals surface area contributed by atoms with Crippen LogP contribution in [-0.2, 0) is 6.18 Å². The van der Waals surface area contributed by atoms with Crippen LogP contribution in [0, 0.1) is 0 Å². The average molecular weight is 414 g/mol. The van der Waals surface area contributed by atoms with Crippen LogP contribution in [0.25, 0.3) is 0 Å². The number of alkyl halides is 3. The molecule has 2 aromatic rings. The number of halogens is 4. The van der Waals surface area contributed by atoms with E-state index in [-0.39, 0.29) is 50.1 Å². The third kappa shape index (κ3) is 4.56. The van der Waals surface area contributed by atoms with Crippen molar-refractivity contribution in [3.05, 3.63) is 65.2 Å². The molecule has 2 N–H and O–H groups in total. The van der Waals surface area contributed by atoms with Crippen LogP contribution < -0.4 is 5.73 Å². The van der Waals surface area contributed by atoms with Gasteiger partial charge in [0.2, 0.25) is 0 Å². The Labute approximate surface area is 166 Å². The van der Waals surface area contributed by atoms with Gasteiger partial charge in [0.25, 0.3) is 11.8 Å². The molecular formula is C19H19ClF3N3O2. The molecule has 0 saturated carbocycles. The zero-order chi connectivity index (χ0) is 19.6. The number of piperazine rings is 1. The van der Waals surface area contributed by atoms with Gasteiger partial charge in [-0.25, -0.2) is 0 Å². The molecule has 0 unspecified atom stereocenters. The van der Waals surface area contributed by atoms with Crippen LogP contribution >= 0.6 is 12.4 Å². The second kappa shape index (κ2) is 8.52. The molecular weight excluding hydrogens is 395 g/mol. The van der Waals surface area contributed by atoms with Crippen molar-refractivity contribution in [3.63, 3.8) is 0 Å². The summed E-state index contributed by atoms with van der Waals surface area (Å²) < 4.78 is 38.5. The van der Waals surface area contributed by atoms with Crippen molar-refractivity contribution in [1.82, 2.24) is 9.80 Å². The topological polar surface area (TPSA) is 66.6 Å². The Kier molecular flexibility index (Phi) is 6.56. The number of rotatable bonds is 2. The number of para-hydroxylation sites is 1. The zero-order valence-corrected chi connectivity index (χ0v) is 15.6. The molecule has 0 aliphatic carbocycles. The molecule has 5 nitrogen and oxygen atoms in total. The molecule has 1 fully saturated rings. The Morgan fingerprint density at radius 3 is 2.00 bits per heavy atom. The molecule has 0 atom stereocenters. The molecule has 2 amide bonds. The number of anilines is 1. The number of hydrogen-bond donors (Lipinski definition) is 1. The van der Waals surface area contributed by atoms with Gasteiger partial charge in [-0.1, -0.05) is 18.2 Å². The minimum absolute atomic E-state index is 0. The fourth-order valence-corrected chi connectivity index (χ4v) is 2.99. The van der Waals surface area contributed by atoms with Crippen molar-refractivity contribution < 1.29 is 22.8 Å². The van der Waals surface area contributed by atoms with Crippen molar-refractivity contribution in [2.75, 3.05) is 31.9 Å². The summed E-state index contributed by atoms with van der Waals surface area (Å²) in [5.74, 6) is -0.702. The van der Waals surface area contributed by atoms with E-state index in [0.717, 1.165) is 12.1 Å². The van der Waals surface area contributed by atoms with Crippen LogP contribution in [0.3, 0.4) is 0 Å². The molecule has 1 aliphatic heterocycles. The highest BCUT2D eigenvalue weighted by Crippen LogP contribution is 2.29. The summed E-state index contributed by atoms with van der Waals surface area (Å²) in [7, 11) is 0. The molecule has 150 valence electrons. The van der Waals surface area contributed by atoms with E-state index in [1.165, 1.54) is 17.0 Å². The highest BCUT2D eigenvalue weighted by molar-refractivity contribution is 5.99. The van der Waals surface area contributed by atoms with Gasteiger partial charge in [-0.3, -0.25) is 9.59 Å². The van der Waals surface area contributed by atoms with Crippen molar-refractivity contribution in [2.24, 2.45) is 0 Å². The first kappa shape index (κ1) is 21.6. The molecule has 1 heterocycles. The van der Waals surface area contributed by atoms with Gasteiger partial charge in [0, 0.05) is 37.4 Å². The third-order valence-corrected chi connectivity index (χ3v) is 4.48. The van der Waals surface area contributed by atoms with Crippen LogP contribution in [0.4, 0.5) is 18.9 Å². The van der Waals surface area contributed by atoms with Crippen molar-refractivity contribution in [3.8, 4) is 0 Å². The summed E-state index contributed by atoms with van der Waals surface area (Å²) in [4.78, 5) is 28.1. The highest BCUT2D eigenvalue weighted by atomic mass is 35.5. The minimum Gasteiger partial charge on any atom is -0.398 e. The van der Waals surface area contributed by atoms with Crippen LogP contribution in [0.2, 0.25) is 0 Å². The number of nitrogens with two attached hydrogens (primary N) is 1. The molecule has 2 aromatic carbocycles. The number of carbonyl (C=O) groups is 2. The Morgan fingerprint density at radius 1 is 0.857 bits per heavy atom. The molecule has 3 rings (SSSR count). The number of nitrogens with zero attached hydrogens (tertiary/aromatic N) is 2. The lowest BCUT2D eigenvalue weighted by Gasteiger charge is -2.35. The lowest BCUT2D eigenvalue weighted by atomic mass is 10.1. The zero-order valence-electron chi connectivity index (χ0n) is 14.8. The lowest BCUT2D eigenvalue weighted by Crippen LogP contribution is -2.50. The predicted octanol–water partition coefficient (Wildman–Crippen LogP) is 3.31. The van der Waals surface area contributed by atoms with Gasteiger partial charge in [0.15, 0.2) is 0 Å². The van der Waals surface area contributed by atoms with E-state index < -0.39 is 17.6 Å². The van der Waals surface area contributed by atoms with E-state index in [4.69, 9.17) is 5.73 Å². The maximum Gasteiger partial charge on any atom is 0.416 e. The van der Waals surface area contributed by atoms with E-state index in [2.05, 4.69) is 0 Å². The van der Waals surface area contributed by atoms with E-state index in [0.29, 0.717) is 11.3 Å². The quantitative estimate of drug-likeness (QED) is 0.768. The van der Waals surface area contributed by atoms with Gasteiger partial charge in [-0.2, -0.15) is 13.2 Å². The van der Waals surface area contributed by atoms with Crippen molar-refractivity contribution in [1.29, 1.82) is 0 Å². The first-order valence-electron chi connectivity index (χ1n) is 8.37.